The average molecular weight is 596 g/mol. The van der Waals surface area contributed by atoms with Crippen LogP contribution < -0.4 is 0 Å². The highest BCUT2D eigenvalue weighted by Crippen LogP contribution is 2.19. The predicted octanol–water partition coefficient (Wildman–Crippen LogP) is 10.4. The lowest BCUT2D eigenvalue weighted by Crippen LogP contribution is -2.29. The fraction of sp³-hybridized carbons (Fsp3) is 0.946. The van der Waals surface area contributed by atoms with Gasteiger partial charge in [-0.2, -0.15) is 0 Å². The minimum Gasteiger partial charge on any atom is -0.462 e. The third-order valence-corrected chi connectivity index (χ3v) is 8.63. The first-order valence-corrected chi connectivity index (χ1v) is 18.6. The quantitative estimate of drug-likeness (QED) is 0.0448. The summed E-state index contributed by atoms with van der Waals surface area (Å²) >= 11 is 0. The van der Waals surface area contributed by atoms with Crippen LogP contribution in [0.1, 0.15) is 194 Å². The molecule has 0 aliphatic carbocycles. The van der Waals surface area contributed by atoms with Crippen LogP contribution in [0.3, 0.4) is 0 Å². The summed E-state index contributed by atoms with van der Waals surface area (Å²) in [6.07, 6.45) is 34.1. The number of aldehydes is 1. The van der Waals surface area contributed by atoms with Gasteiger partial charge in [0.25, 0.3) is 0 Å². The first kappa shape index (κ1) is 41.1. The number of hydrogen-bond donors (Lipinski definition) is 1. The number of ether oxygens (including phenoxy) is 1. The van der Waals surface area contributed by atoms with Crippen molar-refractivity contribution in [3.05, 3.63) is 0 Å². The van der Waals surface area contributed by atoms with Crippen LogP contribution in [0.15, 0.2) is 0 Å². The fourth-order valence-corrected chi connectivity index (χ4v) is 5.87. The third-order valence-electron chi connectivity index (χ3n) is 8.63. The van der Waals surface area contributed by atoms with Crippen LogP contribution in [0.25, 0.3) is 0 Å². The summed E-state index contributed by atoms with van der Waals surface area (Å²) in [5, 5.41) is 9.43. The molecule has 0 bridgehead atoms. The SMILES string of the molecule is CCCCCCCCCCC(CCCCCCCCCC)OC(=O)CCCCCN(CCO)CCCCCCCC=O. The maximum atomic E-state index is 12.7. The predicted molar refractivity (Wildman–Crippen MR) is 180 cm³/mol. The van der Waals surface area contributed by atoms with Crippen molar-refractivity contribution >= 4 is 12.3 Å². The largest absolute Gasteiger partial charge is 0.462 e. The van der Waals surface area contributed by atoms with Crippen LogP contribution in [-0.2, 0) is 14.3 Å². The average Bonchev–Trinajstić information content (AvgIpc) is 2.98. The highest BCUT2D eigenvalue weighted by molar-refractivity contribution is 5.69. The summed E-state index contributed by atoms with van der Waals surface area (Å²) in [5.74, 6) is 0.000856. The molecule has 42 heavy (non-hydrogen) atoms. The van der Waals surface area contributed by atoms with Gasteiger partial charge in [-0.05, 0) is 64.5 Å². The third kappa shape index (κ3) is 30.5. The van der Waals surface area contributed by atoms with Crippen molar-refractivity contribution in [2.45, 2.75) is 200 Å². The monoisotopic (exact) mass is 596 g/mol. The van der Waals surface area contributed by atoms with E-state index in [0.717, 1.165) is 77.3 Å². The molecular weight excluding hydrogens is 522 g/mol. The molecular formula is C37H73NO4. The zero-order chi connectivity index (χ0) is 30.8. The number of hydrogen-bond acceptors (Lipinski definition) is 5. The molecule has 5 nitrogen and oxygen atoms in total. The lowest BCUT2D eigenvalue weighted by molar-refractivity contribution is -0.150. The van der Waals surface area contributed by atoms with E-state index in [2.05, 4.69) is 18.7 Å². The van der Waals surface area contributed by atoms with Crippen molar-refractivity contribution < 1.29 is 19.4 Å². The van der Waals surface area contributed by atoms with Crippen LogP contribution in [-0.4, -0.2) is 54.6 Å². The summed E-state index contributed by atoms with van der Waals surface area (Å²) in [6.45, 7) is 7.48. The molecule has 0 unspecified atom stereocenters. The second-order valence-corrected chi connectivity index (χ2v) is 12.7. The number of aliphatic hydroxyl groups is 1. The van der Waals surface area contributed by atoms with Crippen LogP contribution in [0.2, 0.25) is 0 Å². The van der Waals surface area contributed by atoms with Crippen molar-refractivity contribution in [3.8, 4) is 0 Å². The van der Waals surface area contributed by atoms with Gasteiger partial charge in [0.1, 0.15) is 12.4 Å². The van der Waals surface area contributed by atoms with E-state index in [0.29, 0.717) is 12.8 Å². The van der Waals surface area contributed by atoms with Gasteiger partial charge in [-0.15, -0.1) is 0 Å². The summed E-state index contributed by atoms with van der Waals surface area (Å²) < 4.78 is 6.03. The second-order valence-electron chi connectivity index (χ2n) is 12.7. The van der Waals surface area contributed by atoms with E-state index in [1.807, 2.05) is 0 Å². The molecule has 0 aliphatic rings. The molecule has 0 aromatic rings. The molecule has 0 rings (SSSR count). The van der Waals surface area contributed by atoms with Gasteiger partial charge in [0.2, 0.25) is 0 Å². The normalized spacial score (nSPS) is 11.5. The molecule has 0 heterocycles. The lowest BCUT2D eigenvalue weighted by Gasteiger charge is -2.21. The molecule has 0 spiro atoms. The summed E-state index contributed by atoms with van der Waals surface area (Å²) in [4.78, 5) is 25.5. The minimum atomic E-state index is 0.000856. The van der Waals surface area contributed by atoms with Crippen molar-refractivity contribution in [1.82, 2.24) is 4.90 Å². The molecule has 0 saturated heterocycles. The van der Waals surface area contributed by atoms with E-state index in [1.165, 1.54) is 116 Å². The van der Waals surface area contributed by atoms with E-state index in [9.17, 15) is 14.7 Å². The maximum Gasteiger partial charge on any atom is 0.306 e. The zero-order valence-electron chi connectivity index (χ0n) is 28.4. The topological polar surface area (TPSA) is 66.8 Å². The van der Waals surface area contributed by atoms with Gasteiger partial charge in [-0.1, -0.05) is 129 Å². The Kier molecular flexibility index (Phi) is 33.8. The Hall–Kier alpha value is -0.940. The molecule has 0 aliphatic heterocycles. The van der Waals surface area contributed by atoms with Crippen LogP contribution in [0.5, 0.6) is 0 Å². The number of unbranched alkanes of at least 4 members (excludes halogenated alkanes) is 21. The molecule has 0 aromatic carbocycles. The van der Waals surface area contributed by atoms with Crippen LogP contribution >= 0.6 is 0 Å². The Morgan fingerprint density at radius 3 is 1.50 bits per heavy atom. The molecule has 0 aromatic heterocycles. The van der Waals surface area contributed by atoms with Crippen LogP contribution in [0.4, 0.5) is 0 Å². The summed E-state index contributed by atoms with van der Waals surface area (Å²) in [6, 6.07) is 0. The van der Waals surface area contributed by atoms with Crippen molar-refractivity contribution in [2.24, 2.45) is 0 Å². The number of esters is 1. The zero-order valence-corrected chi connectivity index (χ0v) is 28.4. The van der Waals surface area contributed by atoms with E-state index in [-0.39, 0.29) is 18.7 Å². The second kappa shape index (κ2) is 34.5. The van der Waals surface area contributed by atoms with Gasteiger partial charge in [0, 0.05) is 19.4 Å². The lowest BCUT2D eigenvalue weighted by atomic mass is 10.0. The molecule has 0 fully saturated rings. The Bertz CT molecular complexity index is 536. The van der Waals surface area contributed by atoms with E-state index in [1.54, 1.807) is 0 Å². The number of aliphatic hydroxyl groups excluding tert-OH is 1. The summed E-state index contributed by atoms with van der Waals surface area (Å²) in [5.41, 5.74) is 0. The molecule has 250 valence electrons. The van der Waals surface area contributed by atoms with Crippen molar-refractivity contribution in [1.29, 1.82) is 0 Å². The molecule has 5 heteroatoms. The highest BCUT2D eigenvalue weighted by Gasteiger charge is 2.14. The first-order chi connectivity index (χ1) is 20.7. The standard InChI is InChI=1S/C37H73NO4/c1-3-5-7-9-11-13-17-22-28-36(29-23-18-14-12-10-8-6-4-2)42-37(41)30-24-21-26-32-38(33-35-40)31-25-19-15-16-20-27-34-39/h34,36,40H,3-33,35H2,1-2H3. The van der Waals surface area contributed by atoms with Gasteiger partial charge >= 0.3 is 5.97 Å². The van der Waals surface area contributed by atoms with Crippen molar-refractivity contribution in [2.75, 3.05) is 26.2 Å². The van der Waals surface area contributed by atoms with E-state index < -0.39 is 0 Å². The van der Waals surface area contributed by atoms with E-state index >= 15 is 0 Å². The number of carbonyl (C=O) groups is 2. The number of carbonyl (C=O) groups excluding carboxylic acids is 2. The molecule has 1 N–H and O–H groups in total. The van der Waals surface area contributed by atoms with Crippen molar-refractivity contribution in [3.63, 3.8) is 0 Å². The Morgan fingerprint density at radius 2 is 1.02 bits per heavy atom. The molecule has 0 saturated carbocycles. The smallest absolute Gasteiger partial charge is 0.306 e. The first-order valence-electron chi connectivity index (χ1n) is 18.6. The van der Waals surface area contributed by atoms with Gasteiger partial charge in [-0.25, -0.2) is 0 Å². The Labute approximate surface area is 262 Å². The maximum absolute atomic E-state index is 12.7. The van der Waals surface area contributed by atoms with Gasteiger partial charge in [0.05, 0.1) is 6.61 Å². The Balaban J connectivity index is 4.21. The van der Waals surface area contributed by atoms with Gasteiger partial charge < -0.3 is 19.5 Å². The Morgan fingerprint density at radius 1 is 0.595 bits per heavy atom. The van der Waals surface area contributed by atoms with Crippen LogP contribution in [0, 0.1) is 0 Å². The highest BCUT2D eigenvalue weighted by atomic mass is 16.5. The summed E-state index contributed by atoms with van der Waals surface area (Å²) in [7, 11) is 0. The fourth-order valence-electron chi connectivity index (χ4n) is 5.87. The van der Waals surface area contributed by atoms with E-state index in [4.69, 9.17) is 4.74 Å². The molecule has 0 amide bonds. The molecule has 0 radical (unpaired) electrons. The van der Waals surface area contributed by atoms with Gasteiger partial charge in [-0.3, -0.25) is 4.79 Å². The number of rotatable bonds is 35. The van der Waals surface area contributed by atoms with Gasteiger partial charge in [0.15, 0.2) is 0 Å². The minimum absolute atomic E-state index is 0.000856. The number of nitrogens with zero attached hydrogens (tertiary/aromatic N) is 1. The molecule has 0 atom stereocenters.